The van der Waals surface area contributed by atoms with Gasteiger partial charge in [-0.05, 0) is 25.1 Å². The normalized spacial score (nSPS) is 11.6. The van der Waals surface area contributed by atoms with Crippen LogP contribution in [0.4, 0.5) is 5.82 Å². The van der Waals surface area contributed by atoms with E-state index >= 15 is 0 Å². The Hall–Kier alpha value is -2.92. The number of nitrogens with one attached hydrogen (secondary N) is 1. The standard InChI is InChI=1S/C18H18N4O5S2/c1-10-6-14(21-27-10)19-15(23)8-28-9-16(24)20-18-22(2)12-5-4-11(17(25)26-3)7-13(12)29-18/h4-7H,8-9H2,1-3H3,(H,19,21,23). The van der Waals surface area contributed by atoms with Crippen LogP contribution in [0, 0.1) is 6.92 Å². The smallest absolute Gasteiger partial charge is 0.337 e. The van der Waals surface area contributed by atoms with Crippen molar-refractivity contribution in [3.8, 4) is 0 Å². The number of carbonyl (C=O) groups is 3. The summed E-state index contributed by atoms with van der Waals surface area (Å²) in [6.07, 6.45) is 0. The molecule has 2 heterocycles. The molecule has 0 fully saturated rings. The largest absolute Gasteiger partial charge is 0.465 e. The molecule has 0 saturated carbocycles. The van der Waals surface area contributed by atoms with E-state index in [1.807, 2.05) is 0 Å². The number of fused-ring (bicyclic) bond motifs is 1. The first-order chi connectivity index (χ1) is 13.9. The number of aromatic nitrogens is 2. The van der Waals surface area contributed by atoms with Crippen LogP contribution < -0.4 is 10.1 Å². The predicted molar refractivity (Wildman–Crippen MR) is 110 cm³/mol. The molecule has 1 N–H and O–H groups in total. The predicted octanol–water partition coefficient (Wildman–Crippen LogP) is 2.12. The van der Waals surface area contributed by atoms with Crippen molar-refractivity contribution in [2.24, 2.45) is 12.0 Å². The van der Waals surface area contributed by atoms with Crippen molar-refractivity contribution in [1.82, 2.24) is 9.72 Å². The number of hydrogen-bond acceptors (Lipinski definition) is 8. The molecule has 9 nitrogen and oxygen atoms in total. The first-order valence-electron chi connectivity index (χ1n) is 8.43. The maximum absolute atomic E-state index is 12.2. The topological polar surface area (TPSA) is 116 Å². The van der Waals surface area contributed by atoms with Crippen LogP contribution >= 0.6 is 23.1 Å². The second kappa shape index (κ2) is 9.05. The second-order valence-corrected chi connectivity index (χ2v) is 7.98. The summed E-state index contributed by atoms with van der Waals surface area (Å²) in [7, 11) is 3.12. The lowest BCUT2D eigenvalue weighted by Crippen LogP contribution is -2.17. The molecular formula is C18H18N4O5S2. The number of anilines is 1. The van der Waals surface area contributed by atoms with Crippen molar-refractivity contribution >= 4 is 56.9 Å². The lowest BCUT2D eigenvalue weighted by atomic mass is 10.2. The van der Waals surface area contributed by atoms with E-state index in [2.05, 4.69) is 15.5 Å². The van der Waals surface area contributed by atoms with Crippen LogP contribution in [0.1, 0.15) is 16.1 Å². The van der Waals surface area contributed by atoms with Crippen molar-refractivity contribution in [3.63, 3.8) is 0 Å². The van der Waals surface area contributed by atoms with Gasteiger partial charge in [-0.1, -0.05) is 16.5 Å². The summed E-state index contributed by atoms with van der Waals surface area (Å²) in [5, 5.41) is 6.26. The first-order valence-corrected chi connectivity index (χ1v) is 10.4. The van der Waals surface area contributed by atoms with Crippen LogP contribution in [0.3, 0.4) is 0 Å². The Balaban J connectivity index is 1.62. The molecule has 0 bridgehead atoms. The van der Waals surface area contributed by atoms with E-state index in [1.54, 1.807) is 42.8 Å². The number of methoxy groups -OCH3 is 1. The van der Waals surface area contributed by atoms with Crippen molar-refractivity contribution < 1.29 is 23.6 Å². The monoisotopic (exact) mass is 434 g/mol. The van der Waals surface area contributed by atoms with Gasteiger partial charge in [0.1, 0.15) is 5.76 Å². The molecule has 0 saturated heterocycles. The highest BCUT2D eigenvalue weighted by Gasteiger charge is 2.11. The molecule has 11 heteroatoms. The SMILES string of the molecule is COC(=O)c1ccc2c(c1)sc(=NC(=O)CSCC(=O)Nc1cc(C)on1)n2C. The number of carbonyl (C=O) groups excluding carboxylic acids is 3. The number of hydrogen-bond donors (Lipinski definition) is 1. The maximum atomic E-state index is 12.2. The van der Waals surface area contributed by atoms with Crippen LogP contribution in [-0.4, -0.2) is 46.1 Å². The fourth-order valence-electron chi connectivity index (χ4n) is 2.46. The molecule has 0 spiro atoms. The Morgan fingerprint density at radius 1 is 1.31 bits per heavy atom. The zero-order chi connectivity index (χ0) is 21.0. The van der Waals surface area contributed by atoms with Gasteiger partial charge < -0.3 is 19.1 Å². The van der Waals surface area contributed by atoms with E-state index in [0.717, 1.165) is 22.0 Å². The summed E-state index contributed by atoms with van der Waals surface area (Å²) in [4.78, 5) is 40.3. The van der Waals surface area contributed by atoms with Gasteiger partial charge in [-0.25, -0.2) is 4.79 Å². The summed E-state index contributed by atoms with van der Waals surface area (Å²) in [5.41, 5.74) is 1.28. The highest BCUT2D eigenvalue weighted by Crippen LogP contribution is 2.19. The third-order valence-electron chi connectivity index (χ3n) is 3.80. The van der Waals surface area contributed by atoms with E-state index in [-0.39, 0.29) is 23.3 Å². The highest BCUT2D eigenvalue weighted by molar-refractivity contribution is 8.00. The van der Waals surface area contributed by atoms with E-state index in [4.69, 9.17) is 9.26 Å². The number of rotatable bonds is 6. The minimum Gasteiger partial charge on any atom is -0.465 e. The fourth-order valence-corrected chi connectivity index (χ4v) is 4.13. The molecule has 3 rings (SSSR count). The van der Waals surface area contributed by atoms with Crippen molar-refractivity contribution in [1.29, 1.82) is 0 Å². The average molecular weight is 434 g/mol. The molecule has 0 aliphatic rings. The summed E-state index contributed by atoms with van der Waals surface area (Å²) in [6, 6.07) is 6.76. The quantitative estimate of drug-likeness (QED) is 0.591. The van der Waals surface area contributed by atoms with Crippen LogP contribution in [0.25, 0.3) is 10.2 Å². The van der Waals surface area contributed by atoms with Crippen molar-refractivity contribution in [2.75, 3.05) is 23.9 Å². The zero-order valence-corrected chi connectivity index (χ0v) is 17.6. The number of thiazole rings is 1. The summed E-state index contributed by atoms with van der Waals surface area (Å²) >= 11 is 2.46. The average Bonchev–Trinajstić information content (AvgIpc) is 3.23. The molecule has 0 atom stereocenters. The Bertz CT molecular complexity index is 1140. The molecule has 2 amide bonds. The Morgan fingerprint density at radius 3 is 2.79 bits per heavy atom. The van der Waals surface area contributed by atoms with Crippen molar-refractivity contribution in [2.45, 2.75) is 6.92 Å². The minimum atomic E-state index is -0.423. The number of thioether (sulfide) groups is 1. The number of aryl methyl sites for hydroxylation is 2. The second-order valence-electron chi connectivity index (χ2n) is 5.99. The number of benzene rings is 1. The molecule has 29 heavy (non-hydrogen) atoms. The number of ether oxygens (including phenoxy) is 1. The molecule has 0 aliphatic heterocycles. The molecule has 0 aliphatic carbocycles. The Morgan fingerprint density at radius 2 is 2.10 bits per heavy atom. The van der Waals surface area contributed by atoms with Gasteiger partial charge in [-0.3, -0.25) is 9.59 Å². The summed E-state index contributed by atoms with van der Waals surface area (Å²) in [5.74, 6) is 0.0352. The number of esters is 1. The van der Waals surface area contributed by atoms with E-state index in [9.17, 15) is 14.4 Å². The summed E-state index contributed by atoms with van der Waals surface area (Å²) < 4.78 is 12.2. The maximum Gasteiger partial charge on any atom is 0.337 e. The number of nitrogens with zero attached hydrogens (tertiary/aromatic N) is 3. The Labute approximate surface area is 173 Å². The van der Waals surface area contributed by atoms with Crippen LogP contribution in [-0.2, 0) is 21.4 Å². The molecule has 0 radical (unpaired) electrons. The van der Waals surface area contributed by atoms with Gasteiger partial charge in [0.25, 0.3) is 5.91 Å². The molecule has 2 aromatic heterocycles. The first kappa shape index (κ1) is 20.8. The van der Waals surface area contributed by atoms with Gasteiger partial charge in [0.15, 0.2) is 10.6 Å². The zero-order valence-electron chi connectivity index (χ0n) is 15.9. The van der Waals surface area contributed by atoms with E-state index < -0.39 is 5.97 Å². The molecule has 152 valence electrons. The number of amides is 2. The van der Waals surface area contributed by atoms with Gasteiger partial charge in [0.05, 0.1) is 34.4 Å². The van der Waals surface area contributed by atoms with Gasteiger partial charge in [0.2, 0.25) is 5.91 Å². The van der Waals surface area contributed by atoms with Gasteiger partial charge in [0, 0.05) is 13.1 Å². The van der Waals surface area contributed by atoms with Gasteiger partial charge in [-0.15, -0.1) is 11.8 Å². The third-order valence-corrected chi connectivity index (χ3v) is 5.82. The lowest BCUT2D eigenvalue weighted by molar-refractivity contribution is -0.115. The summed E-state index contributed by atoms with van der Waals surface area (Å²) in [6.45, 7) is 1.72. The molecular weight excluding hydrogens is 416 g/mol. The van der Waals surface area contributed by atoms with Gasteiger partial charge >= 0.3 is 5.97 Å². The lowest BCUT2D eigenvalue weighted by Gasteiger charge is -2.00. The molecule has 1 aromatic carbocycles. The highest BCUT2D eigenvalue weighted by atomic mass is 32.2. The van der Waals surface area contributed by atoms with Crippen LogP contribution in [0.2, 0.25) is 0 Å². The van der Waals surface area contributed by atoms with Crippen molar-refractivity contribution in [3.05, 3.63) is 40.4 Å². The van der Waals surface area contributed by atoms with Gasteiger partial charge in [-0.2, -0.15) is 4.99 Å². The molecule has 3 aromatic rings. The molecule has 0 unspecified atom stereocenters. The Kier molecular flexibility index (Phi) is 6.49. The van der Waals surface area contributed by atoms with E-state index in [0.29, 0.717) is 21.9 Å². The third kappa shape index (κ3) is 5.12. The van der Waals surface area contributed by atoms with Crippen LogP contribution in [0.15, 0.2) is 33.8 Å². The van der Waals surface area contributed by atoms with E-state index in [1.165, 1.54) is 18.4 Å². The fraction of sp³-hybridized carbons (Fsp3) is 0.278. The van der Waals surface area contributed by atoms with Crippen LogP contribution in [0.5, 0.6) is 0 Å². The minimum absolute atomic E-state index is 0.0624.